The number of nitro groups is 1. The predicted molar refractivity (Wildman–Crippen MR) is 110 cm³/mol. The quantitative estimate of drug-likeness (QED) is 0.459. The van der Waals surface area contributed by atoms with Crippen molar-refractivity contribution in [2.75, 3.05) is 4.72 Å². The van der Waals surface area contributed by atoms with E-state index in [4.69, 9.17) is 0 Å². The Morgan fingerprint density at radius 1 is 0.893 bits per heavy atom. The van der Waals surface area contributed by atoms with E-state index in [1.54, 1.807) is 66.7 Å². The van der Waals surface area contributed by atoms with Gasteiger partial charge in [-0.25, -0.2) is 8.42 Å². The van der Waals surface area contributed by atoms with Crippen LogP contribution in [-0.2, 0) is 10.0 Å². The van der Waals surface area contributed by atoms with Crippen LogP contribution in [0.4, 0.5) is 11.4 Å². The second kappa shape index (κ2) is 7.82. The van der Waals surface area contributed by atoms with E-state index < -0.39 is 14.9 Å². The third-order valence-corrected chi connectivity index (χ3v) is 5.80. The fraction of sp³-hybridized carbons (Fsp3) is 0.143. The van der Waals surface area contributed by atoms with Crippen molar-refractivity contribution < 1.29 is 13.3 Å². The molecule has 6 nitrogen and oxygen atoms in total. The molecule has 0 aliphatic heterocycles. The van der Waals surface area contributed by atoms with Gasteiger partial charge in [-0.2, -0.15) is 0 Å². The largest absolute Gasteiger partial charge is 0.280 e. The first kappa shape index (κ1) is 19.6. The predicted octanol–water partition coefficient (Wildman–Crippen LogP) is 5.19. The van der Waals surface area contributed by atoms with Crippen molar-refractivity contribution in [1.82, 2.24) is 0 Å². The number of rotatable bonds is 6. The van der Waals surface area contributed by atoms with E-state index in [9.17, 15) is 18.5 Å². The zero-order valence-corrected chi connectivity index (χ0v) is 16.3. The molecule has 0 unspecified atom stereocenters. The standard InChI is InChI=1S/C21H20N2O4S/c1-15(2)16-9-13-19(14-10-16)28(26,27)22-18-11-7-17(8-12-18)20-5-3-4-6-21(20)23(24)25/h3-15,22H,1-2H3. The van der Waals surface area contributed by atoms with Gasteiger partial charge in [0.1, 0.15) is 0 Å². The van der Waals surface area contributed by atoms with Gasteiger partial charge >= 0.3 is 0 Å². The van der Waals surface area contributed by atoms with Crippen LogP contribution in [0, 0.1) is 10.1 Å². The number of nitrogens with one attached hydrogen (secondary N) is 1. The summed E-state index contributed by atoms with van der Waals surface area (Å²) < 4.78 is 27.7. The molecular formula is C21H20N2O4S. The zero-order chi connectivity index (χ0) is 20.3. The van der Waals surface area contributed by atoms with Crippen molar-refractivity contribution in [3.63, 3.8) is 0 Å². The minimum atomic E-state index is -3.71. The highest BCUT2D eigenvalue weighted by Crippen LogP contribution is 2.30. The molecule has 144 valence electrons. The summed E-state index contributed by atoms with van der Waals surface area (Å²) in [5, 5.41) is 11.2. The highest BCUT2D eigenvalue weighted by Gasteiger charge is 2.16. The van der Waals surface area contributed by atoms with Crippen molar-refractivity contribution >= 4 is 21.4 Å². The average molecular weight is 396 g/mol. The molecule has 3 aromatic carbocycles. The van der Waals surface area contributed by atoms with Crippen molar-refractivity contribution in [2.24, 2.45) is 0 Å². The SMILES string of the molecule is CC(C)c1ccc(S(=O)(=O)Nc2ccc(-c3ccccc3[N+](=O)[O-])cc2)cc1. The Hall–Kier alpha value is -3.19. The van der Waals surface area contributed by atoms with Crippen LogP contribution in [0.15, 0.2) is 77.7 Å². The monoisotopic (exact) mass is 396 g/mol. The first-order chi connectivity index (χ1) is 13.3. The Morgan fingerprint density at radius 3 is 2.07 bits per heavy atom. The Labute approximate surface area is 164 Å². The number of anilines is 1. The van der Waals surface area contributed by atoms with Crippen LogP contribution >= 0.6 is 0 Å². The van der Waals surface area contributed by atoms with Crippen LogP contribution in [0.5, 0.6) is 0 Å². The summed E-state index contributed by atoms with van der Waals surface area (Å²) in [5.74, 6) is 0.319. The van der Waals surface area contributed by atoms with Crippen LogP contribution in [-0.4, -0.2) is 13.3 Å². The normalized spacial score (nSPS) is 11.4. The summed E-state index contributed by atoms with van der Waals surface area (Å²) in [4.78, 5) is 10.9. The lowest BCUT2D eigenvalue weighted by Gasteiger charge is -2.11. The summed E-state index contributed by atoms with van der Waals surface area (Å²) in [6, 6.07) is 19.7. The maximum Gasteiger partial charge on any atom is 0.277 e. The molecule has 0 bridgehead atoms. The van der Waals surface area contributed by atoms with E-state index in [-0.39, 0.29) is 10.6 Å². The van der Waals surface area contributed by atoms with Crippen LogP contribution in [0.1, 0.15) is 25.3 Å². The second-order valence-electron chi connectivity index (χ2n) is 6.68. The fourth-order valence-electron chi connectivity index (χ4n) is 2.84. The highest BCUT2D eigenvalue weighted by atomic mass is 32.2. The molecule has 0 amide bonds. The van der Waals surface area contributed by atoms with Crippen molar-refractivity contribution in [3.05, 3.63) is 88.5 Å². The third kappa shape index (κ3) is 4.20. The minimum Gasteiger partial charge on any atom is -0.280 e. The highest BCUT2D eigenvalue weighted by molar-refractivity contribution is 7.92. The summed E-state index contributed by atoms with van der Waals surface area (Å²) >= 11 is 0. The first-order valence-corrected chi connectivity index (χ1v) is 10.2. The Balaban J connectivity index is 1.83. The van der Waals surface area contributed by atoms with Gasteiger partial charge in [-0.3, -0.25) is 14.8 Å². The molecule has 0 heterocycles. The van der Waals surface area contributed by atoms with Gasteiger partial charge in [0, 0.05) is 11.8 Å². The van der Waals surface area contributed by atoms with E-state index in [0.29, 0.717) is 22.7 Å². The van der Waals surface area contributed by atoms with Gasteiger partial charge in [-0.05, 0) is 47.4 Å². The molecule has 0 saturated heterocycles. The Kier molecular flexibility index (Phi) is 5.46. The maximum atomic E-state index is 12.6. The molecule has 28 heavy (non-hydrogen) atoms. The molecule has 0 aliphatic carbocycles. The lowest BCUT2D eigenvalue weighted by Crippen LogP contribution is -2.12. The van der Waals surface area contributed by atoms with Crippen LogP contribution in [0.3, 0.4) is 0 Å². The smallest absolute Gasteiger partial charge is 0.277 e. The number of hydrogen-bond donors (Lipinski definition) is 1. The lowest BCUT2D eigenvalue weighted by molar-refractivity contribution is -0.384. The van der Waals surface area contributed by atoms with Gasteiger partial charge in [0.05, 0.1) is 15.4 Å². The molecule has 1 N–H and O–H groups in total. The van der Waals surface area contributed by atoms with Crippen LogP contribution in [0.25, 0.3) is 11.1 Å². The molecule has 0 aromatic heterocycles. The molecule has 0 saturated carbocycles. The van der Waals surface area contributed by atoms with E-state index in [1.165, 1.54) is 6.07 Å². The van der Waals surface area contributed by atoms with E-state index in [0.717, 1.165) is 5.56 Å². The molecule has 3 rings (SSSR count). The van der Waals surface area contributed by atoms with Crippen LogP contribution < -0.4 is 4.72 Å². The molecular weight excluding hydrogens is 376 g/mol. The molecule has 0 radical (unpaired) electrons. The van der Waals surface area contributed by atoms with Crippen molar-refractivity contribution in [3.8, 4) is 11.1 Å². The molecule has 3 aromatic rings. The summed E-state index contributed by atoms with van der Waals surface area (Å²) in [7, 11) is -3.71. The van der Waals surface area contributed by atoms with Gasteiger partial charge in [-0.1, -0.05) is 50.2 Å². The molecule has 0 aliphatic rings. The van der Waals surface area contributed by atoms with Gasteiger partial charge in [0.15, 0.2) is 0 Å². The average Bonchev–Trinajstić information content (AvgIpc) is 2.68. The summed E-state index contributed by atoms with van der Waals surface area (Å²) in [5.41, 5.74) is 2.56. The van der Waals surface area contributed by atoms with Gasteiger partial charge < -0.3 is 0 Å². The molecule has 0 spiro atoms. The second-order valence-corrected chi connectivity index (χ2v) is 8.36. The summed E-state index contributed by atoms with van der Waals surface area (Å²) in [6.07, 6.45) is 0. The number of sulfonamides is 1. The molecule has 7 heteroatoms. The molecule has 0 atom stereocenters. The van der Waals surface area contributed by atoms with Gasteiger partial charge in [-0.15, -0.1) is 0 Å². The number of hydrogen-bond acceptors (Lipinski definition) is 4. The van der Waals surface area contributed by atoms with E-state index in [1.807, 2.05) is 13.8 Å². The summed E-state index contributed by atoms with van der Waals surface area (Å²) in [6.45, 7) is 4.08. The zero-order valence-electron chi connectivity index (χ0n) is 15.5. The van der Waals surface area contributed by atoms with E-state index >= 15 is 0 Å². The van der Waals surface area contributed by atoms with Crippen molar-refractivity contribution in [2.45, 2.75) is 24.7 Å². The van der Waals surface area contributed by atoms with Gasteiger partial charge in [0.25, 0.3) is 15.7 Å². The fourth-order valence-corrected chi connectivity index (χ4v) is 3.90. The van der Waals surface area contributed by atoms with Crippen LogP contribution in [0.2, 0.25) is 0 Å². The minimum absolute atomic E-state index is 0.000993. The number of nitrogens with zero attached hydrogens (tertiary/aromatic N) is 1. The van der Waals surface area contributed by atoms with Crippen molar-refractivity contribution in [1.29, 1.82) is 0 Å². The van der Waals surface area contributed by atoms with Gasteiger partial charge in [0.2, 0.25) is 0 Å². The number of benzene rings is 3. The lowest BCUT2D eigenvalue weighted by atomic mass is 10.0. The first-order valence-electron chi connectivity index (χ1n) is 8.74. The number of nitro benzene ring substituents is 1. The molecule has 0 fully saturated rings. The topological polar surface area (TPSA) is 89.3 Å². The maximum absolute atomic E-state index is 12.6. The van der Waals surface area contributed by atoms with E-state index in [2.05, 4.69) is 4.72 Å². The Bertz CT molecular complexity index is 1090. The number of para-hydroxylation sites is 1. The Morgan fingerprint density at radius 2 is 1.50 bits per heavy atom. The third-order valence-electron chi connectivity index (χ3n) is 4.41.